The fraction of sp³-hybridized carbons (Fsp3) is 0.600. The molecule has 2 rings (SSSR count). The Morgan fingerprint density at radius 1 is 1.43 bits per heavy atom. The molecule has 1 aromatic heterocycles. The largest absolute Gasteiger partial charge is 0.467 e. The predicted molar refractivity (Wildman–Crippen MR) is 52.8 cm³/mol. The van der Waals surface area contributed by atoms with Crippen LogP contribution in [-0.4, -0.2) is 36.2 Å². The van der Waals surface area contributed by atoms with Crippen molar-refractivity contribution in [2.24, 2.45) is 0 Å². The van der Waals surface area contributed by atoms with E-state index < -0.39 is 0 Å². The summed E-state index contributed by atoms with van der Waals surface area (Å²) in [6.45, 7) is 5.20. The summed E-state index contributed by atoms with van der Waals surface area (Å²) in [5.74, 6) is 0.648. The van der Waals surface area contributed by atoms with E-state index in [1.165, 1.54) is 0 Å². The second kappa shape index (κ2) is 4.59. The number of hydrogen-bond donors (Lipinski definition) is 2. The van der Waals surface area contributed by atoms with Crippen LogP contribution in [0.15, 0.2) is 16.7 Å². The lowest BCUT2D eigenvalue weighted by atomic mass is 10.2. The molecule has 78 valence electrons. The molecule has 2 N–H and O–H groups in total. The number of furan rings is 1. The van der Waals surface area contributed by atoms with Gasteiger partial charge < -0.3 is 14.8 Å². The van der Waals surface area contributed by atoms with E-state index in [9.17, 15) is 0 Å². The Kier molecular flexibility index (Phi) is 3.18. The summed E-state index contributed by atoms with van der Waals surface area (Å²) < 4.78 is 5.16. The van der Waals surface area contributed by atoms with Crippen molar-refractivity contribution in [3.05, 3.63) is 23.7 Å². The summed E-state index contributed by atoms with van der Waals surface area (Å²) in [7, 11) is 0. The summed E-state index contributed by atoms with van der Waals surface area (Å²) in [4.78, 5) is 2.38. The van der Waals surface area contributed by atoms with Crippen molar-refractivity contribution in [1.29, 1.82) is 0 Å². The predicted octanol–water partition coefficient (Wildman–Crippen LogP) is 0.177. The van der Waals surface area contributed by atoms with Gasteiger partial charge in [-0.2, -0.15) is 0 Å². The molecule has 0 saturated carbocycles. The van der Waals surface area contributed by atoms with E-state index in [0.717, 1.165) is 38.3 Å². The Labute approximate surface area is 83.5 Å². The molecule has 2 heterocycles. The van der Waals surface area contributed by atoms with Gasteiger partial charge in [-0.15, -0.1) is 0 Å². The van der Waals surface area contributed by atoms with Crippen molar-refractivity contribution in [1.82, 2.24) is 10.2 Å². The molecule has 0 unspecified atom stereocenters. The maximum Gasteiger partial charge on any atom is 0.129 e. The first kappa shape index (κ1) is 9.71. The highest BCUT2D eigenvalue weighted by Gasteiger charge is 2.11. The molecule has 4 heteroatoms. The lowest BCUT2D eigenvalue weighted by Crippen LogP contribution is -2.42. The second-order valence-electron chi connectivity index (χ2n) is 3.61. The normalized spacial score (nSPS) is 18.6. The standard InChI is InChI=1S/C10H16N2O2/c13-7-10-5-9(8-14-10)6-12-3-1-11-2-4-12/h5,8,11,13H,1-4,6-7H2. The minimum absolute atomic E-state index is 0.0123. The minimum atomic E-state index is -0.0123. The second-order valence-corrected chi connectivity index (χ2v) is 3.61. The SMILES string of the molecule is OCc1cc(CN2CCNCC2)co1. The van der Waals surface area contributed by atoms with Crippen LogP contribution in [0.4, 0.5) is 0 Å². The third-order valence-electron chi connectivity index (χ3n) is 2.48. The molecule has 0 aromatic carbocycles. The monoisotopic (exact) mass is 196 g/mol. The number of piperazine rings is 1. The zero-order valence-corrected chi connectivity index (χ0v) is 8.20. The quantitative estimate of drug-likeness (QED) is 0.724. The Hall–Kier alpha value is -0.840. The summed E-state index contributed by atoms with van der Waals surface area (Å²) in [5, 5.41) is 12.2. The molecule has 0 amide bonds. The average Bonchev–Trinajstić information content (AvgIpc) is 2.67. The van der Waals surface area contributed by atoms with Crippen LogP contribution in [0.25, 0.3) is 0 Å². The molecule has 4 nitrogen and oxygen atoms in total. The summed E-state index contributed by atoms with van der Waals surface area (Å²) in [5.41, 5.74) is 1.15. The number of hydrogen-bond acceptors (Lipinski definition) is 4. The van der Waals surface area contributed by atoms with Gasteiger partial charge in [0, 0.05) is 38.3 Å². The topological polar surface area (TPSA) is 48.6 Å². The molecular formula is C10H16N2O2. The summed E-state index contributed by atoms with van der Waals surface area (Å²) in [6, 6.07) is 1.92. The molecule has 1 aliphatic rings. The van der Waals surface area contributed by atoms with Gasteiger partial charge in [0.25, 0.3) is 0 Å². The first-order valence-corrected chi connectivity index (χ1v) is 4.98. The fourth-order valence-electron chi connectivity index (χ4n) is 1.72. The number of nitrogens with one attached hydrogen (secondary N) is 1. The van der Waals surface area contributed by atoms with Gasteiger partial charge in [-0.05, 0) is 6.07 Å². The van der Waals surface area contributed by atoms with E-state index in [2.05, 4.69) is 10.2 Å². The number of rotatable bonds is 3. The average molecular weight is 196 g/mol. The Balaban J connectivity index is 1.89. The van der Waals surface area contributed by atoms with Crippen LogP contribution in [0, 0.1) is 0 Å². The van der Waals surface area contributed by atoms with Gasteiger partial charge in [0.2, 0.25) is 0 Å². The molecule has 1 fully saturated rings. The lowest BCUT2D eigenvalue weighted by Gasteiger charge is -2.26. The first-order chi connectivity index (χ1) is 6.88. The van der Waals surface area contributed by atoms with Gasteiger partial charge >= 0.3 is 0 Å². The van der Waals surface area contributed by atoms with E-state index in [4.69, 9.17) is 9.52 Å². The molecule has 1 aliphatic heterocycles. The van der Waals surface area contributed by atoms with Crippen molar-refractivity contribution in [3.8, 4) is 0 Å². The van der Waals surface area contributed by atoms with Crippen LogP contribution < -0.4 is 5.32 Å². The van der Waals surface area contributed by atoms with Crippen molar-refractivity contribution < 1.29 is 9.52 Å². The molecule has 1 saturated heterocycles. The highest BCUT2D eigenvalue weighted by atomic mass is 16.4. The number of aliphatic hydroxyl groups excluding tert-OH is 1. The van der Waals surface area contributed by atoms with E-state index in [1.807, 2.05) is 6.07 Å². The van der Waals surface area contributed by atoms with Crippen molar-refractivity contribution >= 4 is 0 Å². The minimum Gasteiger partial charge on any atom is -0.467 e. The van der Waals surface area contributed by atoms with Gasteiger partial charge in [-0.25, -0.2) is 0 Å². The third kappa shape index (κ3) is 2.35. The zero-order valence-electron chi connectivity index (χ0n) is 8.20. The van der Waals surface area contributed by atoms with Gasteiger partial charge in [0.15, 0.2) is 0 Å². The number of nitrogens with zero attached hydrogens (tertiary/aromatic N) is 1. The highest BCUT2D eigenvalue weighted by Crippen LogP contribution is 2.10. The molecule has 14 heavy (non-hydrogen) atoms. The highest BCUT2D eigenvalue weighted by molar-refractivity contribution is 5.12. The van der Waals surface area contributed by atoms with Gasteiger partial charge in [0.05, 0.1) is 6.26 Å². The van der Waals surface area contributed by atoms with E-state index in [0.29, 0.717) is 5.76 Å². The van der Waals surface area contributed by atoms with E-state index in [-0.39, 0.29) is 6.61 Å². The van der Waals surface area contributed by atoms with Crippen molar-refractivity contribution in [2.45, 2.75) is 13.2 Å². The first-order valence-electron chi connectivity index (χ1n) is 4.98. The van der Waals surface area contributed by atoms with Crippen molar-refractivity contribution in [3.63, 3.8) is 0 Å². The molecule has 0 bridgehead atoms. The third-order valence-corrected chi connectivity index (χ3v) is 2.48. The van der Waals surface area contributed by atoms with Crippen LogP contribution in [0.2, 0.25) is 0 Å². The van der Waals surface area contributed by atoms with E-state index in [1.54, 1.807) is 6.26 Å². The Morgan fingerprint density at radius 3 is 2.86 bits per heavy atom. The maximum atomic E-state index is 8.84. The maximum absolute atomic E-state index is 8.84. The smallest absolute Gasteiger partial charge is 0.129 e. The summed E-state index contributed by atoms with van der Waals surface area (Å²) >= 11 is 0. The molecule has 0 aliphatic carbocycles. The van der Waals surface area contributed by atoms with Crippen LogP contribution >= 0.6 is 0 Å². The van der Waals surface area contributed by atoms with E-state index >= 15 is 0 Å². The molecule has 0 atom stereocenters. The molecule has 0 spiro atoms. The van der Waals surface area contributed by atoms with Crippen molar-refractivity contribution in [2.75, 3.05) is 26.2 Å². The van der Waals surface area contributed by atoms with Gasteiger partial charge in [-0.1, -0.05) is 0 Å². The zero-order chi connectivity index (χ0) is 9.80. The van der Waals surface area contributed by atoms with Crippen LogP contribution in [0.3, 0.4) is 0 Å². The van der Waals surface area contributed by atoms with Crippen LogP contribution in [0.1, 0.15) is 11.3 Å². The number of aliphatic hydroxyl groups is 1. The lowest BCUT2D eigenvalue weighted by molar-refractivity contribution is 0.232. The molecule has 1 aromatic rings. The molecule has 0 radical (unpaired) electrons. The fourth-order valence-corrected chi connectivity index (χ4v) is 1.72. The molecular weight excluding hydrogens is 180 g/mol. The van der Waals surface area contributed by atoms with Crippen LogP contribution in [-0.2, 0) is 13.2 Å². The van der Waals surface area contributed by atoms with Gasteiger partial charge in [-0.3, -0.25) is 4.90 Å². The Bertz CT molecular complexity index is 279. The van der Waals surface area contributed by atoms with Gasteiger partial charge in [0.1, 0.15) is 12.4 Å². The Morgan fingerprint density at radius 2 is 2.21 bits per heavy atom. The summed E-state index contributed by atoms with van der Waals surface area (Å²) in [6.07, 6.45) is 1.73. The van der Waals surface area contributed by atoms with Crippen LogP contribution in [0.5, 0.6) is 0 Å².